The zero-order valence-corrected chi connectivity index (χ0v) is 12.6. The average Bonchev–Trinajstić information content (AvgIpc) is 3.09. The number of nitrogens with zero attached hydrogens (tertiary/aromatic N) is 2. The zero-order chi connectivity index (χ0) is 16.9. The van der Waals surface area contributed by atoms with Crippen LogP contribution in [-0.2, 0) is 17.9 Å². The van der Waals surface area contributed by atoms with Crippen molar-refractivity contribution in [3.63, 3.8) is 0 Å². The van der Waals surface area contributed by atoms with E-state index in [0.29, 0.717) is 5.76 Å². The molecule has 0 saturated heterocycles. The van der Waals surface area contributed by atoms with Crippen LogP contribution in [0.25, 0.3) is 11.3 Å². The Morgan fingerprint density at radius 3 is 2.75 bits per heavy atom. The van der Waals surface area contributed by atoms with Crippen LogP contribution >= 0.6 is 0 Å². The number of rotatable bonds is 5. The van der Waals surface area contributed by atoms with Gasteiger partial charge in [-0.15, -0.1) is 0 Å². The van der Waals surface area contributed by atoms with Crippen molar-refractivity contribution in [2.75, 3.05) is 0 Å². The molecule has 0 atom stereocenters. The highest BCUT2D eigenvalue weighted by molar-refractivity contribution is 5.75. The van der Waals surface area contributed by atoms with Crippen LogP contribution in [0.15, 0.2) is 64.0 Å². The Morgan fingerprint density at radius 2 is 2.00 bits per heavy atom. The van der Waals surface area contributed by atoms with Crippen molar-refractivity contribution in [3.05, 3.63) is 76.7 Å². The van der Waals surface area contributed by atoms with Crippen LogP contribution < -0.4 is 10.9 Å². The van der Waals surface area contributed by atoms with E-state index in [4.69, 9.17) is 4.42 Å². The molecule has 0 saturated carbocycles. The van der Waals surface area contributed by atoms with Gasteiger partial charge in [0.1, 0.15) is 18.1 Å². The van der Waals surface area contributed by atoms with Crippen molar-refractivity contribution in [2.24, 2.45) is 0 Å². The van der Waals surface area contributed by atoms with E-state index < -0.39 is 17.3 Å². The summed E-state index contributed by atoms with van der Waals surface area (Å²) in [6.45, 7) is -0.0462. The van der Waals surface area contributed by atoms with E-state index in [1.165, 1.54) is 24.5 Å². The fraction of sp³-hybridized carbons (Fsp3) is 0.118. The minimum atomic E-state index is -0.447. The fourth-order valence-electron chi connectivity index (χ4n) is 2.17. The molecule has 3 aromatic rings. The van der Waals surface area contributed by atoms with Gasteiger partial charge in [-0.2, -0.15) is 5.10 Å². The summed E-state index contributed by atoms with van der Waals surface area (Å²) in [4.78, 5) is 23.8. The molecule has 2 heterocycles. The summed E-state index contributed by atoms with van der Waals surface area (Å²) in [6, 6.07) is 12.2. The smallest absolute Gasteiger partial charge is 0.267 e. The van der Waals surface area contributed by atoms with Gasteiger partial charge in [0, 0.05) is 11.6 Å². The molecule has 2 aromatic heterocycles. The molecule has 0 aliphatic carbocycles. The molecule has 1 aromatic carbocycles. The first-order chi connectivity index (χ1) is 11.6. The Morgan fingerprint density at radius 1 is 1.17 bits per heavy atom. The Balaban J connectivity index is 1.76. The average molecular weight is 327 g/mol. The third-order valence-electron chi connectivity index (χ3n) is 3.35. The van der Waals surface area contributed by atoms with Gasteiger partial charge in [0.05, 0.1) is 18.5 Å². The molecule has 24 heavy (non-hydrogen) atoms. The van der Waals surface area contributed by atoms with Crippen LogP contribution in [0.4, 0.5) is 4.39 Å². The van der Waals surface area contributed by atoms with Crippen LogP contribution in [0, 0.1) is 5.82 Å². The van der Waals surface area contributed by atoms with Crippen LogP contribution in [0.3, 0.4) is 0 Å². The molecule has 6 nitrogen and oxygen atoms in total. The third-order valence-corrected chi connectivity index (χ3v) is 3.35. The van der Waals surface area contributed by atoms with E-state index in [-0.39, 0.29) is 24.3 Å². The van der Waals surface area contributed by atoms with Gasteiger partial charge < -0.3 is 9.73 Å². The van der Waals surface area contributed by atoms with Gasteiger partial charge in [0.15, 0.2) is 0 Å². The van der Waals surface area contributed by atoms with Crippen molar-refractivity contribution in [3.8, 4) is 11.3 Å². The molecule has 3 rings (SSSR count). The number of carbonyl (C=O) groups is 1. The third kappa shape index (κ3) is 3.57. The van der Waals surface area contributed by atoms with E-state index in [1.807, 2.05) is 0 Å². The van der Waals surface area contributed by atoms with Gasteiger partial charge in [-0.1, -0.05) is 12.1 Å². The first-order valence-electron chi connectivity index (χ1n) is 7.25. The van der Waals surface area contributed by atoms with Crippen LogP contribution in [-0.4, -0.2) is 15.7 Å². The predicted molar refractivity (Wildman–Crippen MR) is 84.4 cm³/mol. The minimum Gasteiger partial charge on any atom is -0.467 e. The lowest BCUT2D eigenvalue weighted by Crippen LogP contribution is -2.33. The Labute approximate surface area is 136 Å². The first kappa shape index (κ1) is 15.7. The molecule has 0 radical (unpaired) electrons. The number of nitrogens with one attached hydrogen (secondary N) is 1. The van der Waals surface area contributed by atoms with Crippen molar-refractivity contribution in [2.45, 2.75) is 13.1 Å². The SMILES string of the molecule is O=C(Cn1nc(-c2ccccc2F)ccc1=O)NCc1ccco1. The maximum Gasteiger partial charge on any atom is 0.267 e. The number of amides is 1. The monoisotopic (exact) mass is 327 g/mol. The number of aromatic nitrogens is 2. The number of hydrogen-bond donors (Lipinski definition) is 1. The number of halogens is 1. The molecule has 122 valence electrons. The minimum absolute atomic E-state index is 0.216. The van der Waals surface area contributed by atoms with Gasteiger partial charge in [-0.25, -0.2) is 9.07 Å². The molecule has 0 unspecified atom stereocenters. The Kier molecular flexibility index (Phi) is 4.51. The second-order valence-corrected chi connectivity index (χ2v) is 5.05. The molecule has 0 aliphatic heterocycles. The zero-order valence-electron chi connectivity index (χ0n) is 12.6. The molecule has 0 fully saturated rings. The summed E-state index contributed by atoms with van der Waals surface area (Å²) < 4.78 is 19.9. The molecule has 7 heteroatoms. The molecule has 1 amide bonds. The van der Waals surface area contributed by atoms with Crippen molar-refractivity contribution in [1.82, 2.24) is 15.1 Å². The molecule has 0 aliphatic rings. The highest BCUT2D eigenvalue weighted by atomic mass is 19.1. The second kappa shape index (κ2) is 6.91. The summed E-state index contributed by atoms with van der Waals surface area (Å²) in [6.07, 6.45) is 1.51. The van der Waals surface area contributed by atoms with Gasteiger partial charge >= 0.3 is 0 Å². The predicted octanol–water partition coefficient (Wildman–Crippen LogP) is 1.96. The standard InChI is InChI=1S/C17H14FN3O3/c18-14-6-2-1-5-13(14)15-7-8-17(23)21(20-15)11-16(22)19-10-12-4-3-9-24-12/h1-9H,10-11H2,(H,19,22). The summed E-state index contributed by atoms with van der Waals surface area (Å²) in [5.74, 6) is -0.243. The maximum absolute atomic E-state index is 13.8. The molecule has 0 bridgehead atoms. The summed E-state index contributed by atoms with van der Waals surface area (Å²) in [5, 5.41) is 6.69. The summed E-state index contributed by atoms with van der Waals surface area (Å²) in [7, 11) is 0. The quantitative estimate of drug-likeness (QED) is 0.777. The van der Waals surface area contributed by atoms with Gasteiger partial charge in [0.2, 0.25) is 5.91 Å². The second-order valence-electron chi connectivity index (χ2n) is 5.05. The highest BCUT2D eigenvalue weighted by Gasteiger charge is 2.10. The number of benzene rings is 1. The fourth-order valence-corrected chi connectivity index (χ4v) is 2.17. The maximum atomic E-state index is 13.8. The van der Waals surface area contributed by atoms with Crippen molar-refractivity contribution in [1.29, 1.82) is 0 Å². The van der Waals surface area contributed by atoms with Crippen LogP contribution in [0.1, 0.15) is 5.76 Å². The van der Waals surface area contributed by atoms with Crippen molar-refractivity contribution < 1.29 is 13.6 Å². The largest absolute Gasteiger partial charge is 0.467 e. The Bertz CT molecular complexity index is 903. The summed E-state index contributed by atoms with van der Waals surface area (Å²) >= 11 is 0. The first-order valence-corrected chi connectivity index (χ1v) is 7.25. The Hall–Kier alpha value is -3.22. The molecular weight excluding hydrogens is 313 g/mol. The lowest BCUT2D eigenvalue weighted by Gasteiger charge is -2.08. The normalized spacial score (nSPS) is 10.5. The van der Waals surface area contributed by atoms with E-state index in [2.05, 4.69) is 10.4 Å². The molecular formula is C17H14FN3O3. The van der Waals surface area contributed by atoms with Gasteiger partial charge in [0.25, 0.3) is 5.56 Å². The number of furan rings is 1. The van der Waals surface area contributed by atoms with E-state index in [1.54, 1.807) is 30.3 Å². The number of hydrogen-bond acceptors (Lipinski definition) is 4. The lowest BCUT2D eigenvalue weighted by atomic mass is 10.1. The number of carbonyl (C=O) groups excluding carboxylic acids is 1. The van der Waals surface area contributed by atoms with E-state index >= 15 is 0 Å². The lowest BCUT2D eigenvalue weighted by molar-refractivity contribution is -0.122. The molecule has 0 spiro atoms. The van der Waals surface area contributed by atoms with Crippen molar-refractivity contribution >= 4 is 5.91 Å². The highest BCUT2D eigenvalue weighted by Crippen LogP contribution is 2.18. The van der Waals surface area contributed by atoms with Gasteiger partial charge in [-0.3, -0.25) is 9.59 Å². The van der Waals surface area contributed by atoms with Crippen LogP contribution in [0.2, 0.25) is 0 Å². The van der Waals surface area contributed by atoms with E-state index in [9.17, 15) is 14.0 Å². The molecule has 1 N–H and O–H groups in total. The van der Waals surface area contributed by atoms with E-state index in [0.717, 1.165) is 4.68 Å². The topological polar surface area (TPSA) is 77.1 Å². The summed E-state index contributed by atoms with van der Waals surface area (Å²) in [5.41, 5.74) is 0.108. The van der Waals surface area contributed by atoms with Crippen LogP contribution in [0.5, 0.6) is 0 Å². The van der Waals surface area contributed by atoms with Gasteiger partial charge in [-0.05, 0) is 30.3 Å².